The Balaban J connectivity index is 2.45. The van der Waals surface area contributed by atoms with Gasteiger partial charge in [0, 0.05) is 0 Å². The van der Waals surface area contributed by atoms with Crippen LogP contribution in [-0.2, 0) is 16.1 Å². The Labute approximate surface area is 98.0 Å². The zero-order chi connectivity index (χ0) is 13.0. The first-order valence-corrected chi connectivity index (χ1v) is 5.08. The third-order valence-electron chi connectivity index (χ3n) is 2.22. The van der Waals surface area contributed by atoms with Crippen molar-refractivity contribution in [3.8, 4) is 0 Å². The summed E-state index contributed by atoms with van der Waals surface area (Å²) < 4.78 is 5.24. The maximum absolute atomic E-state index is 11.4. The molecule has 0 saturated carbocycles. The molecule has 0 fully saturated rings. The average Bonchev–Trinajstić information content (AvgIpc) is 2.54. The van der Waals surface area contributed by atoms with Crippen molar-refractivity contribution in [1.29, 1.82) is 0 Å². The van der Waals surface area contributed by atoms with Crippen molar-refractivity contribution in [3.05, 3.63) is 17.3 Å². The third-order valence-corrected chi connectivity index (χ3v) is 2.22. The van der Waals surface area contributed by atoms with Gasteiger partial charge in [-0.05, 0) is 13.8 Å². The second-order valence-corrected chi connectivity index (χ2v) is 3.67. The normalized spacial score (nSPS) is 12.2. The molecule has 1 aromatic heterocycles. The molecule has 0 aromatic carbocycles. The summed E-state index contributed by atoms with van der Waals surface area (Å²) in [5.41, 5.74) is 6.13. The van der Waals surface area contributed by atoms with E-state index in [2.05, 4.69) is 10.3 Å². The van der Waals surface area contributed by atoms with Gasteiger partial charge in [0.15, 0.2) is 0 Å². The summed E-state index contributed by atoms with van der Waals surface area (Å²) in [5.74, 6) is -0.601. The van der Waals surface area contributed by atoms with Gasteiger partial charge < -0.3 is 20.6 Å². The number of aromatic nitrogens is 1. The van der Waals surface area contributed by atoms with E-state index in [9.17, 15) is 9.59 Å². The number of carboxylic acid groups (broad SMARTS) is 1. The van der Waals surface area contributed by atoms with Crippen molar-refractivity contribution < 1.29 is 19.1 Å². The molecule has 0 spiro atoms. The summed E-state index contributed by atoms with van der Waals surface area (Å²) in [6.07, 6.45) is -0.407. The van der Waals surface area contributed by atoms with Crippen LogP contribution >= 0.6 is 0 Å². The van der Waals surface area contributed by atoms with E-state index < -0.39 is 24.3 Å². The van der Waals surface area contributed by atoms with Crippen LogP contribution in [0.1, 0.15) is 23.8 Å². The van der Waals surface area contributed by atoms with Crippen LogP contribution in [0, 0.1) is 13.8 Å². The highest BCUT2D eigenvalue weighted by molar-refractivity contribution is 5.85. The zero-order valence-corrected chi connectivity index (χ0v) is 9.69. The van der Waals surface area contributed by atoms with Crippen molar-refractivity contribution in [2.75, 3.05) is 0 Å². The van der Waals surface area contributed by atoms with Gasteiger partial charge in [0.25, 0.3) is 0 Å². The SMILES string of the molecule is Cc1nc(CNC(=O)C(N)CC(=O)O)oc1C. The number of carboxylic acids is 1. The predicted octanol–water partition coefficient (Wildman–Crippen LogP) is -0.290. The van der Waals surface area contributed by atoms with Crippen LogP contribution in [0.2, 0.25) is 0 Å². The number of aliphatic carboxylic acids is 1. The third kappa shape index (κ3) is 3.87. The fraction of sp³-hybridized carbons (Fsp3) is 0.500. The molecular formula is C10H15N3O4. The van der Waals surface area contributed by atoms with Crippen molar-refractivity contribution in [3.63, 3.8) is 0 Å². The molecule has 0 saturated heterocycles. The van der Waals surface area contributed by atoms with Crippen LogP contribution in [0.3, 0.4) is 0 Å². The second-order valence-electron chi connectivity index (χ2n) is 3.67. The first-order valence-electron chi connectivity index (χ1n) is 5.08. The number of aryl methyl sites for hydroxylation is 2. The van der Waals surface area contributed by atoms with Gasteiger partial charge in [-0.15, -0.1) is 0 Å². The Morgan fingerprint density at radius 1 is 1.53 bits per heavy atom. The minimum atomic E-state index is -1.12. The molecule has 0 aliphatic rings. The number of nitrogens with two attached hydrogens (primary N) is 1. The standard InChI is InChI=1S/C10H15N3O4/c1-5-6(2)17-8(13-5)4-12-10(16)7(11)3-9(14)15/h7H,3-4,11H2,1-2H3,(H,12,16)(H,14,15). The first kappa shape index (κ1) is 13.2. The van der Waals surface area contributed by atoms with Gasteiger partial charge in [0.2, 0.25) is 11.8 Å². The lowest BCUT2D eigenvalue weighted by molar-refractivity contribution is -0.139. The molecular weight excluding hydrogens is 226 g/mol. The fourth-order valence-electron chi connectivity index (χ4n) is 1.19. The molecule has 0 aliphatic heterocycles. The molecule has 1 aromatic rings. The van der Waals surface area contributed by atoms with Crippen LogP contribution in [0.15, 0.2) is 4.42 Å². The number of carbonyl (C=O) groups is 2. The summed E-state index contributed by atoms with van der Waals surface area (Å²) in [6.45, 7) is 3.66. The van der Waals surface area contributed by atoms with Crippen molar-refractivity contribution in [2.24, 2.45) is 5.73 Å². The maximum Gasteiger partial charge on any atom is 0.305 e. The summed E-state index contributed by atoms with van der Waals surface area (Å²) in [7, 11) is 0. The minimum Gasteiger partial charge on any atom is -0.481 e. The van der Waals surface area contributed by atoms with E-state index >= 15 is 0 Å². The van der Waals surface area contributed by atoms with Crippen molar-refractivity contribution in [2.45, 2.75) is 32.9 Å². The maximum atomic E-state index is 11.4. The number of nitrogens with one attached hydrogen (secondary N) is 1. The highest BCUT2D eigenvalue weighted by Gasteiger charge is 2.17. The van der Waals surface area contributed by atoms with Gasteiger partial charge in [-0.3, -0.25) is 9.59 Å². The number of hydrogen-bond donors (Lipinski definition) is 3. The topological polar surface area (TPSA) is 118 Å². The summed E-state index contributed by atoms with van der Waals surface area (Å²) in [5, 5.41) is 10.9. The number of nitrogens with zero attached hydrogens (tertiary/aromatic N) is 1. The Bertz CT molecular complexity index is 408. The smallest absolute Gasteiger partial charge is 0.305 e. The van der Waals surface area contributed by atoms with E-state index in [0.29, 0.717) is 11.7 Å². The van der Waals surface area contributed by atoms with Crippen LogP contribution in [0.5, 0.6) is 0 Å². The van der Waals surface area contributed by atoms with Crippen LogP contribution < -0.4 is 11.1 Å². The Hall–Kier alpha value is -1.89. The Morgan fingerprint density at radius 2 is 2.18 bits per heavy atom. The van der Waals surface area contributed by atoms with E-state index in [1.807, 2.05) is 0 Å². The summed E-state index contributed by atoms with van der Waals surface area (Å²) in [4.78, 5) is 25.8. The van der Waals surface area contributed by atoms with Gasteiger partial charge in [0.1, 0.15) is 5.76 Å². The van der Waals surface area contributed by atoms with Gasteiger partial charge in [0.05, 0.1) is 24.7 Å². The highest BCUT2D eigenvalue weighted by atomic mass is 16.4. The van der Waals surface area contributed by atoms with Gasteiger partial charge >= 0.3 is 5.97 Å². The Morgan fingerprint density at radius 3 is 2.65 bits per heavy atom. The molecule has 1 atom stereocenters. The highest BCUT2D eigenvalue weighted by Crippen LogP contribution is 2.07. The molecule has 17 heavy (non-hydrogen) atoms. The van der Waals surface area contributed by atoms with E-state index in [0.717, 1.165) is 5.69 Å². The number of rotatable bonds is 5. The lowest BCUT2D eigenvalue weighted by atomic mass is 10.2. The van der Waals surface area contributed by atoms with Crippen LogP contribution in [-0.4, -0.2) is 28.0 Å². The predicted molar refractivity (Wildman–Crippen MR) is 58.1 cm³/mol. The first-order chi connectivity index (χ1) is 7.90. The van der Waals surface area contributed by atoms with E-state index in [4.69, 9.17) is 15.3 Å². The molecule has 0 aliphatic carbocycles. The minimum absolute atomic E-state index is 0.0980. The van der Waals surface area contributed by atoms with Crippen LogP contribution in [0.25, 0.3) is 0 Å². The number of oxazole rings is 1. The monoisotopic (exact) mass is 241 g/mol. The molecule has 1 rings (SSSR count). The van der Waals surface area contributed by atoms with Gasteiger partial charge in [-0.2, -0.15) is 0 Å². The average molecular weight is 241 g/mol. The molecule has 0 bridgehead atoms. The molecule has 1 unspecified atom stereocenters. The van der Waals surface area contributed by atoms with E-state index in [1.54, 1.807) is 13.8 Å². The quantitative estimate of drug-likeness (QED) is 0.651. The summed E-state index contributed by atoms with van der Waals surface area (Å²) in [6, 6.07) is -1.07. The zero-order valence-electron chi connectivity index (χ0n) is 9.69. The summed E-state index contributed by atoms with van der Waals surface area (Å²) >= 11 is 0. The Kier molecular flexibility index (Phi) is 4.22. The number of hydrogen-bond acceptors (Lipinski definition) is 5. The van der Waals surface area contributed by atoms with Crippen molar-refractivity contribution >= 4 is 11.9 Å². The lowest BCUT2D eigenvalue weighted by Crippen LogP contribution is -2.41. The molecule has 0 radical (unpaired) electrons. The molecule has 94 valence electrons. The lowest BCUT2D eigenvalue weighted by Gasteiger charge is -2.08. The fourth-order valence-corrected chi connectivity index (χ4v) is 1.19. The molecule has 7 heteroatoms. The molecule has 4 N–H and O–H groups in total. The van der Waals surface area contributed by atoms with E-state index in [-0.39, 0.29) is 6.54 Å². The molecule has 1 amide bonds. The number of amides is 1. The largest absolute Gasteiger partial charge is 0.481 e. The van der Waals surface area contributed by atoms with Gasteiger partial charge in [-0.25, -0.2) is 4.98 Å². The van der Waals surface area contributed by atoms with Gasteiger partial charge in [-0.1, -0.05) is 0 Å². The second kappa shape index (κ2) is 5.44. The van der Waals surface area contributed by atoms with Crippen molar-refractivity contribution in [1.82, 2.24) is 10.3 Å². The van der Waals surface area contributed by atoms with Crippen LogP contribution in [0.4, 0.5) is 0 Å². The molecule has 7 nitrogen and oxygen atoms in total. The van der Waals surface area contributed by atoms with E-state index in [1.165, 1.54) is 0 Å². The number of carbonyl (C=O) groups excluding carboxylic acids is 1. The molecule has 1 heterocycles.